The first-order valence-corrected chi connectivity index (χ1v) is 6.87. The Bertz CT molecular complexity index is 695. The molecule has 0 fully saturated rings. The van der Waals surface area contributed by atoms with E-state index in [1.54, 1.807) is 56.7 Å². The van der Waals surface area contributed by atoms with Crippen LogP contribution in [0.4, 0.5) is 0 Å². The summed E-state index contributed by atoms with van der Waals surface area (Å²) in [5, 5.41) is 0.508. The van der Waals surface area contributed by atoms with Crippen LogP contribution >= 0.6 is 11.6 Å². The largest absolute Gasteiger partial charge is 0.493 e. The van der Waals surface area contributed by atoms with E-state index in [0.717, 1.165) is 5.56 Å². The molecule has 2 aromatic carbocycles. The molecule has 0 saturated heterocycles. The molecule has 0 radical (unpaired) electrons. The number of methoxy groups -OCH3 is 2. The minimum absolute atomic E-state index is 0.398. The molecule has 0 unspecified atom stereocenters. The Labute approximate surface area is 133 Å². The Balaban J connectivity index is 2.06. The average Bonchev–Trinajstić information content (AvgIpc) is 2.52. The molecular weight excluding hydrogens is 304 g/mol. The van der Waals surface area contributed by atoms with E-state index >= 15 is 0 Å². The van der Waals surface area contributed by atoms with Crippen molar-refractivity contribution in [3.63, 3.8) is 0 Å². The molecule has 2 rings (SSSR count). The molecule has 0 aliphatic rings. The fraction of sp³-hybridized carbons (Fsp3) is 0.118. The van der Waals surface area contributed by atoms with Crippen molar-refractivity contribution in [3.05, 3.63) is 59.1 Å². The summed E-state index contributed by atoms with van der Waals surface area (Å²) in [6.45, 7) is 0. The van der Waals surface area contributed by atoms with Gasteiger partial charge in [0.05, 0.1) is 14.2 Å². The first kappa shape index (κ1) is 15.9. The molecule has 0 aliphatic heterocycles. The maximum absolute atomic E-state index is 11.8. The summed E-state index contributed by atoms with van der Waals surface area (Å²) in [5.41, 5.74) is 0.792. The second kappa shape index (κ2) is 7.52. The molecule has 0 aliphatic carbocycles. The molecule has 0 atom stereocenters. The smallest absolute Gasteiger partial charge is 0.336 e. The van der Waals surface area contributed by atoms with Crippen LogP contribution in [0.3, 0.4) is 0 Å². The van der Waals surface area contributed by atoms with Crippen molar-refractivity contribution in [2.45, 2.75) is 0 Å². The number of benzene rings is 2. The zero-order chi connectivity index (χ0) is 15.9. The van der Waals surface area contributed by atoms with Gasteiger partial charge < -0.3 is 14.2 Å². The summed E-state index contributed by atoms with van der Waals surface area (Å²) < 4.78 is 15.5. The first-order valence-electron chi connectivity index (χ1n) is 6.50. The fourth-order valence-electron chi connectivity index (χ4n) is 1.80. The number of carbonyl (C=O) groups excluding carboxylic acids is 1. The molecule has 0 aromatic heterocycles. The molecule has 4 nitrogen and oxygen atoms in total. The van der Waals surface area contributed by atoms with Crippen LogP contribution in [-0.2, 0) is 4.79 Å². The van der Waals surface area contributed by atoms with Crippen molar-refractivity contribution >= 4 is 23.6 Å². The molecule has 0 N–H and O–H groups in total. The number of ether oxygens (including phenoxy) is 3. The van der Waals surface area contributed by atoms with Crippen molar-refractivity contribution in [2.24, 2.45) is 0 Å². The van der Waals surface area contributed by atoms with Crippen LogP contribution < -0.4 is 14.2 Å². The quantitative estimate of drug-likeness (QED) is 0.475. The summed E-state index contributed by atoms with van der Waals surface area (Å²) in [4.78, 5) is 11.8. The molecule has 0 spiro atoms. The van der Waals surface area contributed by atoms with Crippen molar-refractivity contribution in [2.75, 3.05) is 14.2 Å². The summed E-state index contributed by atoms with van der Waals surface area (Å²) in [5.74, 6) is 1.13. The van der Waals surface area contributed by atoms with Crippen LogP contribution in [0.2, 0.25) is 5.02 Å². The molecule has 0 amide bonds. The summed E-state index contributed by atoms with van der Waals surface area (Å²) in [7, 11) is 3.12. The fourth-order valence-corrected chi connectivity index (χ4v) is 1.98. The molecule has 0 bridgehead atoms. The lowest BCUT2D eigenvalue weighted by Gasteiger charge is -2.07. The van der Waals surface area contributed by atoms with E-state index in [-0.39, 0.29) is 0 Å². The molecule has 22 heavy (non-hydrogen) atoms. The Morgan fingerprint density at radius 3 is 2.50 bits per heavy atom. The third-order valence-electron chi connectivity index (χ3n) is 2.83. The SMILES string of the molecule is COc1ccc(/C=C/C(=O)Oc2cccc(Cl)c2)cc1OC. The minimum Gasteiger partial charge on any atom is -0.493 e. The second-order valence-electron chi connectivity index (χ2n) is 4.33. The third-order valence-corrected chi connectivity index (χ3v) is 3.07. The highest BCUT2D eigenvalue weighted by molar-refractivity contribution is 6.30. The van der Waals surface area contributed by atoms with E-state index in [9.17, 15) is 4.79 Å². The van der Waals surface area contributed by atoms with Crippen LogP contribution in [0.1, 0.15) is 5.56 Å². The van der Waals surface area contributed by atoms with Crippen LogP contribution in [0, 0.1) is 0 Å². The normalized spacial score (nSPS) is 10.5. The monoisotopic (exact) mass is 318 g/mol. The molecule has 0 heterocycles. The van der Waals surface area contributed by atoms with Gasteiger partial charge in [-0.3, -0.25) is 0 Å². The Kier molecular flexibility index (Phi) is 5.44. The van der Waals surface area contributed by atoms with Crippen molar-refractivity contribution in [1.82, 2.24) is 0 Å². The van der Waals surface area contributed by atoms with Gasteiger partial charge in [-0.25, -0.2) is 4.79 Å². The molecular formula is C17H15ClO4. The Morgan fingerprint density at radius 1 is 1.05 bits per heavy atom. The Hall–Kier alpha value is -2.46. The van der Waals surface area contributed by atoms with Gasteiger partial charge in [0, 0.05) is 11.1 Å². The molecule has 5 heteroatoms. The second-order valence-corrected chi connectivity index (χ2v) is 4.76. The van der Waals surface area contributed by atoms with Crippen molar-refractivity contribution in [1.29, 1.82) is 0 Å². The maximum atomic E-state index is 11.8. The predicted molar refractivity (Wildman–Crippen MR) is 85.7 cm³/mol. The molecule has 114 valence electrons. The van der Waals surface area contributed by atoms with E-state index in [2.05, 4.69) is 0 Å². The van der Waals surface area contributed by atoms with Crippen LogP contribution in [-0.4, -0.2) is 20.2 Å². The van der Waals surface area contributed by atoms with Crippen LogP contribution in [0.25, 0.3) is 6.08 Å². The number of hydrogen-bond donors (Lipinski definition) is 0. The molecule has 2 aromatic rings. The van der Waals surface area contributed by atoms with Gasteiger partial charge >= 0.3 is 5.97 Å². The topological polar surface area (TPSA) is 44.8 Å². The number of rotatable bonds is 5. The lowest BCUT2D eigenvalue weighted by atomic mass is 10.2. The lowest BCUT2D eigenvalue weighted by Crippen LogP contribution is -2.03. The van der Waals surface area contributed by atoms with Gasteiger partial charge in [-0.15, -0.1) is 0 Å². The van der Waals surface area contributed by atoms with Gasteiger partial charge in [0.15, 0.2) is 11.5 Å². The average molecular weight is 319 g/mol. The van der Waals surface area contributed by atoms with Crippen molar-refractivity contribution in [3.8, 4) is 17.2 Å². The van der Waals surface area contributed by atoms with Crippen LogP contribution in [0.15, 0.2) is 48.5 Å². The van der Waals surface area contributed by atoms with Gasteiger partial charge in [0.25, 0.3) is 0 Å². The molecule has 0 saturated carbocycles. The number of halogens is 1. The van der Waals surface area contributed by atoms with Gasteiger partial charge in [-0.05, 0) is 42.0 Å². The van der Waals surface area contributed by atoms with Crippen molar-refractivity contribution < 1.29 is 19.0 Å². The minimum atomic E-state index is -0.489. The third kappa shape index (κ3) is 4.27. The lowest BCUT2D eigenvalue weighted by molar-refractivity contribution is -0.128. The van der Waals surface area contributed by atoms with E-state index in [0.29, 0.717) is 22.3 Å². The number of carbonyl (C=O) groups is 1. The van der Waals surface area contributed by atoms with Gasteiger partial charge in [0.2, 0.25) is 0 Å². The van der Waals surface area contributed by atoms with E-state index < -0.39 is 5.97 Å². The summed E-state index contributed by atoms with van der Waals surface area (Å²) in [6, 6.07) is 12.0. The standard InChI is InChI=1S/C17H15ClO4/c1-20-15-8-6-12(10-16(15)21-2)7-9-17(19)22-14-5-3-4-13(18)11-14/h3-11H,1-2H3/b9-7+. The maximum Gasteiger partial charge on any atom is 0.336 e. The predicted octanol–water partition coefficient (Wildman–Crippen LogP) is 3.98. The van der Waals surface area contributed by atoms with E-state index in [4.69, 9.17) is 25.8 Å². The van der Waals surface area contributed by atoms with Gasteiger partial charge in [-0.2, -0.15) is 0 Å². The summed E-state index contributed by atoms with van der Waals surface area (Å²) in [6.07, 6.45) is 2.97. The summed E-state index contributed by atoms with van der Waals surface area (Å²) >= 11 is 5.83. The zero-order valence-corrected chi connectivity index (χ0v) is 13.0. The number of hydrogen-bond acceptors (Lipinski definition) is 4. The highest BCUT2D eigenvalue weighted by atomic mass is 35.5. The van der Waals surface area contributed by atoms with Crippen LogP contribution in [0.5, 0.6) is 17.2 Å². The number of esters is 1. The Morgan fingerprint density at radius 2 is 1.82 bits per heavy atom. The zero-order valence-electron chi connectivity index (χ0n) is 12.2. The van der Waals surface area contributed by atoms with Gasteiger partial charge in [-0.1, -0.05) is 23.7 Å². The highest BCUT2D eigenvalue weighted by Gasteiger charge is 2.04. The van der Waals surface area contributed by atoms with Gasteiger partial charge in [0.1, 0.15) is 5.75 Å². The van der Waals surface area contributed by atoms with E-state index in [1.165, 1.54) is 6.08 Å². The van der Waals surface area contributed by atoms with E-state index in [1.807, 2.05) is 6.07 Å². The highest BCUT2D eigenvalue weighted by Crippen LogP contribution is 2.28. The first-order chi connectivity index (χ1) is 10.6.